The molecule has 1 aliphatic rings. The van der Waals surface area contributed by atoms with E-state index in [1.54, 1.807) is 23.1 Å². The van der Waals surface area contributed by atoms with Gasteiger partial charge in [0, 0.05) is 23.9 Å². The highest BCUT2D eigenvalue weighted by molar-refractivity contribution is 5.92. The minimum absolute atomic E-state index is 0.0984. The molecule has 0 aromatic heterocycles. The smallest absolute Gasteiger partial charge is 0.238 e. The lowest BCUT2D eigenvalue weighted by atomic mass is 10.1. The van der Waals surface area contributed by atoms with Crippen molar-refractivity contribution in [3.05, 3.63) is 53.3 Å². The maximum atomic E-state index is 14.0. The van der Waals surface area contributed by atoms with Crippen LogP contribution in [0.5, 0.6) is 11.5 Å². The van der Waals surface area contributed by atoms with Gasteiger partial charge in [-0.15, -0.1) is 0 Å². The van der Waals surface area contributed by atoms with Gasteiger partial charge in [-0.2, -0.15) is 5.26 Å². The van der Waals surface area contributed by atoms with Crippen LogP contribution < -0.4 is 14.8 Å². The van der Waals surface area contributed by atoms with E-state index >= 15 is 0 Å². The van der Waals surface area contributed by atoms with Crippen LogP contribution in [0.25, 0.3) is 0 Å². The Hall–Kier alpha value is -3.11. The van der Waals surface area contributed by atoms with E-state index in [9.17, 15) is 9.18 Å². The second-order valence-electron chi connectivity index (χ2n) is 6.13. The van der Waals surface area contributed by atoms with Crippen LogP contribution >= 0.6 is 0 Å². The van der Waals surface area contributed by atoms with Crippen LogP contribution in [0.15, 0.2) is 36.4 Å². The van der Waals surface area contributed by atoms with Crippen molar-refractivity contribution in [1.82, 2.24) is 4.90 Å². The largest absolute Gasteiger partial charge is 0.486 e. The number of halogens is 1. The van der Waals surface area contributed by atoms with E-state index < -0.39 is 0 Å². The number of carbonyl (C=O) groups is 1. The first kappa shape index (κ1) is 18.7. The molecule has 1 amide bonds. The number of nitrogens with zero attached hydrogens (tertiary/aromatic N) is 2. The van der Waals surface area contributed by atoms with Gasteiger partial charge in [0.05, 0.1) is 18.2 Å². The standard InChI is InChI=1S/C20H20FN3O3/c1-2-24(12-15-9-14(11-22)3-5-17(15)21)13-20(25)23-16-4-6-18-19(10-16)27-8-7-26-18/h3-6,9-10H,2,7-8,12-13H2,1H3,(H,23,25). The molecule has 0 unspecified atom stereocenters. The molecule has 0 bridgehead atoms. The Morgan fingerprint density at radius 1 is 1.22 bits per heavy atom. The summed E-state index contributed by atoms with van der Waals surface area (Å²) in [6.45, 7) is 3.77. The summed E-state index contributed by atoms with van der Waals surface area (Å²) < 4.78 is 24.9. The van der Waals surface area contributed by atoms with Crippen molar-refractivity contribution in [3.63, 3.8) is 0 Å². The molecule has 2 aromatic carbocycles. The van der Waals surface area contributed by atoms with E-state index in [-0.39, 0.29) is 24.8 Å². The van der Waals surface area contributed by atoms with Crippen molar-refractivity contribution in [2.75, 3.05) is 31.6 Å². The number of amides is 1. The SMILES string of the molecule is CCN(CC(=O)Nc1ccc2c(c1)OCCO2)Cc1cc(C#N)ccc1F. The van der Waals surface area contributed by atoms with Gasteiger partial charge in [0.25, 0.3) is 0 Å². The Morgan fingerprint density at radius 2 is 2.00 bits per heavy atom. The van der Waals surface area contributed by atoms with Gasteiger partial charge in [-0.25, -0.2) is 4.39 Å². The number of rotatable bonds is 6. The fourth-order valence-corrected chi connectivity index (χ4v) is 2.81. The number of likely N-dealkylation sites (N-methyl/N-ethyl adjacent to an activating group) is 1. The highest BCUT2D eigenvalue weighted by Crippen LogP contribution is 2.32. The van der Waals surface area contributed by atoms with Crippen molar-refractivity contribution in [3.8, 4) is 17.6 Å². The summed E-state index contributed by atoms with van der Waals surface area (Å²) in [6.07, 6.45) is 0. The van der Waals surface area contributed by atoms with Gasteiger partial charge in [-0.1, -0.05) is 6.92 Å². The topological polar surface area (TPSA) is 74.6 Å². The summed E-state index contributed by atoms with van der Waals surface area (Å²) >= 11 is 0. The molecule has 0 aliphatic carbocycles. The highest BCUT2D eigenvalue weighted by atomic mass is 19.1. The lowest BCUT2D eigenvalue weighted by Crippen LogP contribution is -2.33. The minimum atomic E-state index is -0.389. The Morgan fingerprint density at radius 3 is 2.74 bits per heavy atom. The molecule has 140 valence electrons. The maximum absolute atomic E-state index is 14.0. The number of hydrogen-bond donors (Lipinski definition) is 1. The van der Waals surface area contributed by atoms with Crippen molar-refractivity contribution in [1.29, 1.82) is 5.26 Å². The van der Waals surface area contributed by atoms with Crippen LogP contribution in [0.4, 0.5) is 10.1 Å². The Kier molecular flexibility index (Phi) is 5.89. The predicted octanol–water partition coefficient (Wildman–Crippen LogP) is 2.93. The molecule has 2 aromatic rings. The Balaban J connectivity index is 1.63. The van der Waals surface area contributed by atoms with Gasteiger partial charge in [-0.05, 0) is 36.9 Å². The van der Waals surface area contributed by atoms with Gasteiger partial charge in [-0.3, -0.25) is 9.69 Å². The maximum Gasteiger partial charge on any atom is 0.238 e. The zero-order chi connectivity index (χ0) is 19.2. The third-order valence-electron chi connectivity index (χ3n) is 4.21. The lowest BCUT2D eigenvalue weighted by Gasteiger charge is -2.21. The molecule has 0 atom stereocenters. The van der Waals surface area contributed by atoms with E-state index in [0.29, 0.717) is 48.1 Å². The first-order valence-electron chi connectivity index (χ1n) is 8.69. The highest BCUT2D eigenvalue weighted by Gasteiger charge is 2.15. The third-order valence-corrected chi connectivity index (χ3v) is 4.21. The van der Waals surface area contributed by atoms with E-state index in [4.69, 9.17) is 14.7 Å². The molecule has 27 heavy (non-hydrogen) atoms. The van der Waals surface area contributed by atoms with Gasteiger partial charge in [0.15, 0.2) is 11.5 Å². The van der Waals surface area contributed by atoms with E-state index in [1.165, 1.54) is 18.2 Å². The molecular weight excluding hydrogens is 349 g/mol. The van der Waals surface area contributed by atoms with Crippen LogP contribution in [0.3, 0.4) is 0 Å². The molecular formula is C20H20FN3O3. The molecule has 0 spiro atoms. The number of anilines is 1. The Bertz CT molecular complexity index is 879. The van der Waals surface area contributed by atoms with E-state index in [1.807, 2.05) is 13.0 Å². The molecule has 0 saturated heterocycles. The van der Waals surface area contributed by atoms with Crippen molar-refractivity contribution in [2.45, 2.75) is 13.5 Å². The zero-order valence-electron chi connectivity index (χ0n) is 15.0. The summed E-state index contributed by atoms with van der Waals surface area (Å²) in [6, 6.07) is 11.4. The first-order valence-corrected chi connectivity index (χ1v) is 8.69. The average molecular weight is 369 g/mol. The predicted molar refractivity (Wildman–Crippen MR) is 98.1 cm³/mol. The third kappa shape index (κ3) is 4.74. The number of carbonyl (C=O) groups excluding carboxylic acids is 1. The van der Waals surface area contributed by atoms with E-state index in [2.05, 4.69) is 5.32 Å². The first-order chi connectivity index (χ1) is 13.1. The minimum Gasteiger partial charge on any atom is -0.486 e. The molecule has 1 N–H and O–H groups in total. The number of nitrogens with one attached hydrogen (secondary N) is 1. The van der Waals surface area contributed by atoms with Crippen molar-refractivity contribution in [2.24, 2.45) is 0 Å². The normalized spacial score (nSPS) is 12.5. The summed E-state index contributed by atoms with van der Waals surface area (Å²) in [5.74, 6) is 0.647. The number of ether oxygens (including phenoxy) is 2. The summed E-state index contributed by atoms with van der Waals surface area (Å²) in [4.78, 5) is 14.2. The number of fused-ring (bicyclic) bond motifs is 1. The van der Waals surface area contributed by atoms with Crippen molar-refractivity contribution >= 4 is 11.6 Å². The fourth-order valence-electron chi connectivity index (χ4n) is 2.81. The molecule has 1 heterocycles. The number of hydrogen-bond acceptors (Lipinski definition) is 5. The van der Waals surface area contributed by atoms with Crippen LogP contribution in [0, 0.1) is 17.1 Å². The van der Waals surface area contributed by atoms with Crippen LogP contribution in [0.1, 0.15) is 18.1 Å². The quantitative estimate of drug-likeness (QED) is 0.847. The zero-order valence-corrected chi connectivity index (χ0v) is 15.0. The van der Waals surface area contributed by atoms with Gasteiger partial charge in [0.2, 0.25) is 5.91 Å². The second kappa shape index (κ2) is 8.52. The fraction of sp³-hybridized carbons (Fsp3) is 0.300. The monoisotopic (exact) mass is 369 g/mol. The van der Waals surface area contributed by atoms with Crippen LogP contribution in [0.2, 0.25) is 0 Å². The molecule has 0 fully saturated rings. The number of benzene rings is 2. The lowest BCUT2D eigenvalue weighted by molar-refractivity contribution is -0.117. The molecule has 3 rings (SSSR count). The molecule has 7 heteroatoms. The van der Waals surface area contributed by atoms with Crippen LogP contribution in [-0.2, 0) is 11.3 Å². The molecule has 0 radical (unpaired) electrons. The van der Waals surface area contributed by atoms with E-state index in [0.717, 1.165) is 0 Å². The summed E-state index contributed by atoms with van der Waals surface area (Å²) in [5, 5.41) is 11.8. The van der Waals surface area contributed by atoms with Gasteiger partial charge >= 0.3 is 0 Å². The number of nitriles is 1. The second-order valence-corrected chi connectivity index (χ2v) is 6.13. The Labute approximate surface area is 157 Å². The summed E-state index contributed by atoms with van der Waals surface area (Å²) in [7, 11) is 0. The molecule has 6 nitrogen and oxygen atoms in total. The van der Waals surface area contributed by atoms with Crippen molar-refractivity contribution < 1.29 is 18.7 Å². The molecule has 1 aliphatic heterocycles. The summed E-state index contributed by atoms with van der Waals surface area (Å²) in [5.41, 5.74) is 1.39. The van der Waals surface area contributed by atoms with Gasteiger partial charge in [0.1, 0.15) is 19.0 Å². The van der Waals surface area contributed by atoms with Gasteiger partial charge < -0.3 is 14.8 Å². The molecule has 0 saturated carbocycles. The average Bonchev–Trinajstić information content (AvgIpc) is 2.68. The van der Waals surface area contributed by atoms with Crippen LogP contribution in [-0.4, -0.2) is 37.1 Å².